The van der Waals surface area contributed by atoms with Crippen molar-refractivity contribution >= 4 is 21.9 Å². The van der Waals surface area contributed by atoms with Gasteiger partial charge < -0.3 is 9.15 Å². The van der Waals surface area contributed by atoms with Crippen LogP contribution in [0.2, 0.25) is 0 Å². The number of nitrogens with zero attached hydrogens (tertiary/aromatic N) is 1. The smallest absolute Gasteiger partial charge is 0.360 e. The van der Waals surface area contributed by atoms with Crippen LogP contribution in [0, 0.1) is 12.7 Å². The van der Waals surface area contributed by atoms with E-state index in [0.29, 0.717) is 10.2 Å². The molecule has 2 aromatic rings. The van der Waals surface area contributed by atoms with Crippen LogP contribution in [0.25, 0.3) is 11.5 Å². The molecular formula is C13H11BrFNO3. The highest BCUT2D eigenvalue weighted by Crippen LogP contribution is 2.26. The molecule has 0 bridgehead atoms. The molecule has 0 saturated carbocycles. The van der Waals surface area contributed by atoms with Gasteiger partial charge in [0.1, 0.15) is 11.6 Å². The summed E-state index contributed by atoms with van der Waals surface area (Å²) in [5.74, 6) is -0.695. The van der Waals surface area contributed by atoms with Crippen molar-refractivity contribution in [3.05, 3.63) is 39.9 Å². The average Bonchev–Trinajstić information content (AvgIpc) is 2.71. The van der Waals surface area contributed by atoms with Gasteiger partial charge in [-0.2, -0.15) is 0 Å². The molecule has 0 spiro atoms. The van der Waals surface area contributed by atoms with Gasteiger partial charge in [0.2, 0.25) is 5.89 Å². The van der Waals surface area contributed by atoms with Crippen molar-refractivity contribution < 1.29 is 18.3 Å². The lowest BCUT2D eigenvalue weighted by Gasteiger charge is -1.98. The number of esters is 1. The zero-order chi connectivity index (χ0) is 14.0. The van der Waals surface area contributed by atoms with E-state index in [9.17, 15) is 9.18 Å². The number of ether oxygens (including phenoxy) is 1. The van der Waals surface area contributed by atoms with Crippen molar-refractivity contribution in [1.82, 2.24) is 4.98 Å². The van der Waals surface area contributed by atoms with Gasteiger partial charge >= 0.3 is 5.97 Å². The van der Waals surface area contributed by atoms with E-state index in [0.717, 1.165) is 0 Å². The predicted octanol–water partition coefficient (Wildman–Crippen LogP) is 3.73. The topological polar surface area (TPSA) is 52.3 Å². The fourth-order valence-electron chi connectivity index (χ4n) is 1.56. The van der Waals surface area contributed by atoms with Crippen LogP contribution < -0.4 is 0 Å². The number of benzene rings is 1. The van der Waals surface area contributed by atoms with Crippen molar-refractivity contribution in [3.63, 3.8) is 0 Å². The van der Waals surface area contributed by atoms with Crippen molar-refractivity contribution in [2.24, 2.45) is 0 Å². The van der Waals surface area contributed by atoms with Gasteiger partial charge in [0, 0.05) is 4.47 Å². The second-order valence-corrected chi connectivity index (χ2v) is 4.68. The monoisotopic (exact) mass is 327 g/mol. The number of carbonyl (C=O) groups excluding carboxylic acids is 1. The van der Waals surface area contributed by atoms with Crippen LogP contribution in [0.4, 0.5) is 4.39 Å². The molecule has 0 saturated heterocycles. The minimum atomic E-state index is -0.576. The summed E-state index contributed by atoms with van der Waals surface area (Å²) in [7, 11) is 0. The fourth-order valence-corrected chi connectivity index (χ4v) is 1.90. The van der Waals surface area contributed by atoms with Gasteiger partial charge in [0.05, 0.1) is 12.2 Å². The summed E-state index contributed by atoms with van der Waals surface area (Å²) in [6.45, 7) is 3.52. The standard InChI is InChI=1S/C13H11BrFNO3/c1-3-18-13(17)11-7(2)19-12(16-11)9-5-4-8(14)6-10(9)15/h4-6H,3H2,1-2H3. The number of carbonyl (C=O) groups is 1. The molecule has 0 atom stereocenters. The van der Waals surface area contributed by atoms with Crippen molar-refractivity contribution in [2.45, 2.75) is 13.8 Å². The molecule has 0 fully saturated rings. The first-order chi connectivity index (χ1) is 9.02. The lowest BCUT2D eigenvalue weighted by atomic mass is 10.2. The highest BCUT2D eigenvalue weighted by atomic mass is 79.9. The van der Waals surface area contributed by atoms with Crippen LogP contribution in [-0.4, -0.2) is 17.6 Å². The second-order valence-electron chi connectivity index (χ2n) is 3.77. The Balaban J connectivity index is 2.42. The van der Waals surface area contributed by atoms with E-state index in [1.807, 2.05) is 0 Å². The Labute approximate surface area is 117 Å². The van der Waals surface area contributed by atoms with Crippen molar-refractivity contribution in [1.29, 1.82) is 0 Å². The van der Waals surface area contributed by atoms with Gasteiger partial charge in [-0.3, -0.25) is 0 Å². The van der Waals surface area contributed by atoms with E-state index in [4.69, 9.17) is 9.15 Å². The zero-order valence-electron chi connectivity index (χ0n) is 10.4. The Bertz CT molecular complexity index is 624. The Kier molecular flexibility index (Phi) is 3.99. The maximum absolute atomic E-state index is 13.8. The maximum Gasteiger partial charge on any atom is 0.360 e. The van der Waals surface area contributed by atoms with E-state index >= 15 is 0 Å². The zero-order valence-corrected chi connectivity index (χ0v) is 12.0. The third-order valence-electron chi connectivity index (χ3n) is 2.43. The predicted molar refractivity (Wildman–Crippen MR) is 70.3 cm³/mol. The molecule has 0 aliphatic carbocycles. The molecule has 1 aromatic heterocycles. The minimum Gasteiger partial charge on any atom is -0.461 e. The van der Waals surface area contributed by atoms with Crippen LogP contribution in [0.15, 0.2) is 27.1 Å². The van der Waals surface area contributed by atoms with E-state index < -0.39 is 11.8 Å². The summed E-state index contributed by atoms with van der Waals surface area (Å²) in [6, 6.07) is 4.50. The first kappa shape index (κ1) is 13.7. The molecule has 0 amide bonds. The van der Waals surface area contributed by atoms with Gasteiger partial charge in [0.15, 0.2) is 5.69 Å². The Hall–Kier alpha value is -1.69. The van der Waals surface area contributed by atoms with E-state index in [1.54, 1.807) is 19.9 Å². The Morgan fingerprint density at radius 3 is 2.89 bits per heavy atom. The minimum absolute atomic E-state index is 0.0607. The molecular weight excluding hydrogens is 317 g/mol. The van der Waals surface area contributed by atoms with Crippen LogP contribution in [-0.2, 0) is 4.74 Å². The fraction of sp³-hybridized carbons (Fsp3) is 0.231. The van der Waals surface area contributed by atoms with E-state index in [-0.39, 0.29) is 23.8 Å². The molecule has 0 aliphatic rings. The first-order valence-electron chi connectivity index (χ1n) is 5.63. The summed E-state index contributed by atoms with van der Waals surface area (Å²) in [5.41, 5.74) is 0.265. The third kappa shape index (κ3) is 2.84. The molecule has 100 valence electrons. The highest BCUT2D eigenvalue weighted by molar-refractivity contribution is 9.10. The van der Waals surface area contributed by atoms with Gasteiger partial charge in [-0.25, -0.2) is 14.2 Å². The quantitative estimate of drug-likeness (QED) is 0.806. The number of aryl methyl sites for hydroxylation is 1. The first-order valence-corrected chi connectivity index (χ1v) is 6.42. The molecule has 1 aromatic carbocycles. The average molecular weight is 328 g/mol. The molecule has 19 heavy (non-hydrogen) atoms. The third-order valence-corrected chi connectivity index (χ3v) is 2.92. The van der Waals surface area contributed by atoms with Gasteiger partial charge in [-0.05, 0) is 32.0 Å². The second kappa shape index (κ2) is 5.52. The molecule has 0 radical (unpaired) electrons. The number of hydrogen-bond acceptors (Lipinski definition) is 4. The SMILES string of the molecule is CCOC(=O)c1nc(-c2ccc(Br)cc2F)oc1C. The largest absolute Gasteiger partial charge is 0.461 e. The van der Waals surface area contributed by atoms with Gasteiger partial charge in [-0.1, -0.05) is 15.9 Å². The highest BCUT2D eigenvalue weighted by Gasteiger charge is 2.20. The summed E-state index contributed by atoms with van der Waals surface area (Å²) in [6.07, 6.45) is 0. The van der Waals surface area contributed by atoms with E-state index in [2.05, 4.69) is 20.9 Å². The number of aromatic nitrogens is 1. The summed E-state index contributed by atoms with van der Waals surface area (Å²) in [4.78, 5) is 15.6. The van der Waals surface area contributed by atoms with Crippen LogP contribution >= 0.6 is 15.9 Å². The summed E-state index contributed by atoms with van der Waals surface area (Å²) >= 11 is 3.17. The van der Waals surface area contributed by atoms with Crippen LogP contribution in [0.3, 0.4) is 0 Å². The number of oxazole rings is 1. The molecule has 6 heteroatoms. The molecule has 0 unspecified atom stereocenters. The lowest BCUT2D eigenvalue weighted by molar-refractivity contribution is 0.0518. The number of hydrogen-bond donors (Lipinski definition) is 0. The van der Waals surface area contributed by atoms with Crippen LogP contribution in [0.5, 0.6) is 0 Å². The Morgan fingerprint density at radius 2 is 2.26 bits per heavy atom. The summed E-state index contributed by atoms with van der Waals surface area (Å²) < 4.78 is 24.6. The lowest BCUT2D eigenvalue weighted by Crippen LogP contribution is -2.06. The molecule has 4 nitrogen and oxygen atoms in total. The number of halogens is 2. The number of rotatable bonds is 3. The normalized spacial score (nSPS) is 10.5. The molecule has 2 rings (SSSR count). The van der Waals surface area contributed by atoms with Gasteiger partial charge in [-0.15, -0.1) is 0 Å². The van der Waals surface area contributed by atoms with Crippen molar-refractivity contribution in [3.8, 4) is 11.5 Å². The van der Waals surface area contributed by atoms with Crippen LogP contribution in [0.1, 0.15) is 23.2 Å². The molecule has 0 aliphatic heterocycles. The van der Waals surface area contributed by atoms with Crippen molar-refractivity contribution in [2.75, 3.05) is 6.61 Å². The molecule has 1 heterocycles. The van der Waals surface area contributed by atoms with Gasteiger partial charge in [0.25, 0.3) is 0 Å². The maximum atomic E-state index is 13.8. The molecule has 0 N–H and O–H groups in total. The summed E-state index contributed by atoms with van der Waals surface area (Å²) in [5, 5.41) is 0. The Morgan fingerprint density at radius 1 is 1.53 bits per heavy atom. The van der Waals surface area contributed by atoms with E-state index in [1.165, 1.54) is 12.1 Å².